The second-order valence-electron chi connectivity index (χ2n) is 4.38. The Bertz CT molecular complexity index is 621. The number of hydrogen-bond donors (Lipinski definition) is 1. The molecule has 1 aromatic carbocycles. The first-order valence-electron chi connectivity index (χ1n) is 6.12. The number of nitrogens with zero attached hydrogens (tertiary/aromatic N) is 1. The summed E-state index contributed by atoms with van der Waals surface area (Å²) in [6, 6.07) is 8.46. The molecule has 6 heteroatoms. The van der Waals surface area contributed by atoms with Crippen LogP contribution in [0.1, 0.15) is 22.9 Å². The van der Waals surface area contributed by atoms with Gasteiger partial charge in [0.1, 0.15) is 16.4 Å². The number of nitro groups is 1. The number of nitrogens with one attached hydrogen (secondary N) is 1. The predicted molar refractivity (Wildman–Crippen MR) is 74.0 cm³/mol. The highest BCUT2D eigenvalue weighted by Crippen LogP contribution is 2.29. The molecule has 0 radical (unpaired) electrons. The molecule has 20 heavy (non-hydrogen) atoms. The van der Waals surface area contributed by atoms with Crippen molar-refractivity contribution in [2.24, 2.45) is 0 Å². The highest BCUT2D eigenvalue weighted by molar-refractivity contribution is 5.39. The van der Waals surface area contributed by atoms with Crippen LogP contribution in [0, 0.1) is 17.0 Å². The molecule has 0 fully saturated rings. The van der Waals surface area contributed by atoms with Crippen molar-refractivity contribution in [1.82, 2.24) is 5.32 Å². The maximum Gasteiger partial charge on any atom is 0.433 e. The Morgan fingerprint density at radius 2 is 2.10 bits per heavy atom. The van der Waals surface area contributed by atoms with E-state index in [2.05, 4.69) is 5.32 Å². The lowest BCUT2D eigenvalue weighted by atomic mass is 10.0. The van der Waals surface area contributed by atoms with Crippen molar-refractivity contribution in [3.8, 4) is 5.75 Å². The molecule has 1 N–H and O–H groups in total. The molecule has 1 unspecified atom stereocenters. The standard InChI is InChI=1S/C14H16N2O4/c1-9-8-10(4-5-11(9)19-3)14(15-2)12-6-7-13(20-12)16(17)18/h4-8,14-15H,1-3H3. The van der Waals surface area contributed by atoms with Crippen LogP contribution in [-0.4, -0.2) is 19.1 Å². The van der Waals surface area contributed by atoms with Gasteiger partial charge < -0.3 is 14.5 Å². The zero-order valence-electron chi connectivity index (χ0n) is 11.5. The number of rotatable bonds is 5. The van der Waals surface area contributed by atoms with Crippen molar-refractivity contribution in [2.75, 3.05) is 14.2 Å². The normalized spacial score (nSPS) is 12.2. The molecule has 106 valence electrons. The van der Waals surface area contributed by atoms with Crippen LogP contribution in [0.5, 0.6) is 5.75 Å². The van der Waals surface area contributed by atoms with Gasteiger partial charge in [0, 0.05) is 0 Å². The van der Waals surface area contributed by atoms with Crippen LogP contribution in [0.2, 0.25) is 0 Å². The van der Waals surface area contributed by atoms with Crippen LogP contribution in [0.4, 0.5) is 5.88 Å². The van der Waals surface area contributed by atoms with Gasteiger partial charge in [-0.3, -0.25) is 10.1 Å². The van der Waals surface area contributed by atoms with Gasteiger partial charge in [-0.25, -0.2) is 0 Å². The topological polar surface area (TPSA) is 77.5 Å². The molecule has 2 aromatic rings. The van der Waals surface area contributed by atoms with E-state index >= 15 is 0 Å². The first-order valence-corrected chi connectivity index (χ1v) is 6.12. The van der Waals surface area contributed by atoms with E-state index in [0.29, 0.717) is 5.76 Å². The second kappa shape index (κ2) is 5.75. The quantitative estimate of drug-likeness (QED) is 0.671. The Balaban J connectivity index is 2.36. The number of ether oxygens (including phenoxy) is 1. The average Bonchev–Trinajstić information content (AvgIpc) is 2.89. The lowest BCUT2D eigenvalue weighted by Crippen LogP contribution is -2.17. The van der Waals surface area contributed by atoms with Crippen molar-refractivity contribution in [3.63, 3.8) is 0 Å². The van der Waals surface area contributed by atoms with Crippen molar-refractivity contribution in [2.45, 2.75) is 13.0 Å². The third kappa shape index (κ3) is 2.65. The summed E-state index contributed by atoms with van der Waals surface area (Å²) in [6.45, 7) is 1.94. The minimum atomic E-state index is -0.546. The van der Waals surface area contributed by atoms with Gasteiger partial charge in [0.25, 0.3) is 0 Å². The Hall–Kier alpha value is -2.34. The van der Waals surface area contributed by atoms with Gasteiger partial charge in [0.15, 0.2) is 0 Å². The van der Waals surface area contributed by atoms with Crippen LogP contribution in [0.3, 0.4) is 0 Å². The second-order valence-corrected chi connectivity index (χ2v) is 4.38. The van der Waals surface area contributed by atoms with Crippen LogP contribution < -0.4 is 10.1 Å². The molecule has 0 aliphatic rings. The van der Waals surface area contributed by atoms with E-state index in [4.69, 9.17) is 9.15 Å². The summed E-state index contributed by atoms with van der Waals surface area (Å²) in [6.07, 6.45) is 0. The van der Waals surface area contributed by atoms with E-state index in [1.807, 2.05) is 25.1 Å². The molecule has 1 heterocycles. The van der Waals surface area contributed by atoms with Crippen molar-refractivity contribution >= 4 is 5.88 Å². The smallest absolute Gasteiger partial charge is 0.433 e. The summed E-state index contributed by atoms with van der Waals surface area (Å²) in [4.78, 5) is 10.1. The van der Waals surface area contributed by atoms with Crippen molar-refractivity contribution < 1.29 is 14.1 Å². The number of aryl methyl sites for hydroxylation is 1. The molecular formula is C14H16N2O4. The summed E-state index contributed by atoms with van der Waals surface area (Å²) in [5, 5.41) is 13.8. The fourth-order valence-corrected chi connectivity index (χ4v) is 2.15. The molecule has 0 spiro atoms. The minimum Gasteiger partial charge on any atom is -0.496 e. The fraction of sp³-hybridized carbons (Fsp3) is 0.286. The third-order valence-electron chi connectivity index (χ3n) is 3.12. The Morgan fingerprint density at radius 3 is 2.60 bits per heavy atom. The van der Waals surface area contributed by atoms with Gasteiger partial charge in [0.05, 0.1) is 19.2 Å². The fourth-order valence-electron chi connectivity index (χ4n) is 2.15. The summed E-state index contributed by atoms with van der Waals surface area (Å²) in [5.41, 5.74) is 1.95. The largest absolute Gasteiger partial charge is 0.496 e. The summed E-state index contributed by atoms with van der Waals surface area (Å²) < 4.78 is 10.5. The van der Waals surface area contributed by atoms with Crippen LogP contribution in [0.25, 0.3) is 0 Å². The molecule has 1 atom stereocenters. The number of hydrogen-bond acceptors (Lipinski definition) is 5. The molecule has 0 aliphatic carbocycles. The number of benzene rings is 1. The first kappa shape index (κ1) is 14.1. The lowest BCUT2D eigenvalue weighted by Gasteiger charge is -2.15. The van der Waals surface area contributed by atoms with Gasteiger partial charge in [-0.2, -0.15) is 0 Å². The molecule has 0 bridgehead atoms. The monoisotopic (exact) mass is 276 g/mol. The predicted octanol–water partition coefficient (Wildman–Crippen LogP) is 2.81. The molecule has 6 nitrogen and oxygen atoms in total. The first-order chi connectivity index (χ1) is 9.56. The van der Waals surface area contributed by atoms with E-state index in [1.165, 1.54) is 6.07 Å². The summed E-state index contributed by atoms with van der Waals surface area (Å²) >= 11 is 0. The molecular weight excluding hydrogens is 260 g/mol. The summed E-state index contributed by atoms with van der Waals surface area (Å²) in [5.74, 6) is 1.04. The van der Waals surface area contributed by atoms with Crippen LogP contribution in [-0.2, 0) is 0 Å². The van der Waals surface area contributed by atoms with E-state index in [1.54, 1.807) is 20.2 Å². The van der Waals surface area contributed by atoms with Crippen LogP contribution >= 0.6 is 0 Å². The zero-order valence-corrected chi connectivity index (χ0v) is 11.5. The molecule has 0 amide bonds. The molecule has 1 aromatic heterocycles. The van der Waals surface area contributed by atoms with Gasteiger partial charge >= 0.3 is 5.88 Å². The molecule has 0 aliphatic heterocycles. The van der Waals surface area contributed by atoms with Crippen molar-refractivity contribution in [3.05, 3.63) is 57.3 Å². The lowest BCUT2D eigenvalue weighted by molar-refractivity contribution is -0.402. The van der Waals surface area contributed by atoms with E-state index in [0.717, 1.165) is 16.9 Å². The Labute approximate surface area is 116 Å². The number of furan rings is 1. The Kier molecular flexibility index (Phi) is 4.05. The molecule has 0 saturated heterocycles. The molecule has 0 saturated carbocycles. The summed E-state index contributed by atoms with van der Waals surface area (Å²) in [7, 11) is 3.39. The van der Waals surface area contributed by atoms with E-state index < -0.39 is 4.92 Å². The van der Waals surface area contributed by atoms with Gasteiger partial charge in [-0.05, 0) is 37.2 Å². The van der Waals surface area contributed by atoms with E-state index in [-0.39, 0.29) is 11.9 Å². The van der Waals surface area contributed by atoms with Gasteiger partial charge in [0.2, 0.25) is 0 Å². The van der Waals surface area contributed by atoms with Crippen LogP contribution in [0.15, 0.2) is 34.7 Å². The Morgan fingerprint density at radius 1 is 1.35 bits per heavy atom. The van der Waals surface area contributed by atoms with Crippen molar-refractivity contribution in [1.29, 1.82) is 0 Å². The maximum absolute atomic E-state index is 10.7. The SMILES string of the molecule is CNC(c1ccc(OC)c(C)c1)c1ccc([N+](=O)[O-])o1. The van der Waals surface area contributed by atoms with Gasteiger partial charge in [-0.15, -0.1) is 0 Å². The highest BCUT2D eigenvalue weighted by Gasteiger charge is 2.20. The highest BCUT2D eigenvalue weighted by atomic mass is 16.6. The zero-order chi connectivity index (χ0) is 14.7. The average molecular weight is 276 g/mol. The molecule has 2 rings (SSSR count). The maximum atomic E-state index is 10.7. The van der Waals surface area contributed by atoms with Gasteiger partial charge in [-0.1, -0.05) is 12.1 Å². The third-order valence-corrected chi connectivity index (χ3v) is 3.12. The number of methoxy groups -OCH3 is 1. The minimum absolute atomic E-state index is 0.242. The van der Waals surface area contributed by atoms with E-state index in [9.17, 15) is 10.1 Å².